The molecule has 1 N–H and O–H groups in total. The third-order valence-electron chi connectivity index (χ3n) is 2.84. The highest BCUT2D eigenvalue weighted by molar-refractivity contribution is 7.07. The van der Waals surface area contributed by atoms with E-state index in [9.17, 15) is 0 Å². The Hall–Kier alpha value is -1.26. The third-order valence-corrected chi connectivity index (χ3v) is 3.57. The molecular formula is C14H19N3S. The lowest BCUT2D eigenvalue weighted by Gasteiger charge is -2.16. The molecule has 1 unspecified atom stereocenters. The highest BCUT2D eigenvalue weighted by Crippen LogP contribution is 2.17. The van der Waals surface area contributed by atoms with Crippen molar-refractivity contribution in [3.8, 4) is 0 Å². The lowest BCUT2D eigenvalue weighted by atomic mass is 10.1. The fraction of sp³-hybridized carbons (Fsp3) is 0.429. The molecule has 0 aliphatic carbocycles. The highest BCUT2D eigenvalue weighted by atomic mass is 32.1. The van der Waals surface area contributed by atoms with Crippen LogP contribution in [0.3, 0.4) is 0 Å². The first kappa shape index (κ1) is 13.2. The predicted molar refractivity (Wildman–Crippen MR) is 75.7 cm³/mol. The zero-order valence-corrected chi connectivity index (χ0v) is 11.5. The summed E-state index contributed by atoms with van der Waals surface area (Å²) in [6.07, 6.45) is 6.87. The minimum Gasteiger partial charge on any atom is -0.307 e. The summed E-state index contributed by atoms with van der Waals surface area (Å²) < 4.78 is 0. The molecule has 0 radical (unpaired) electrons. The number of thiophene rings is 1. The molecule has 0 aliphatic rings. The SMILES string of the molecule is CCCNC(CCc1ccsc1)c1ncccn1. The Balaban J connectivity index is 1.96. The first-order chi connectivity index (χ1) is 8.90. The van der Waals surface area contributed by atoms with Crippen LogP contribution in [0, 0.1) is 0 Å². The smallest absolute Gasteiger partial charge is 0.145 e. The van der Waals surface area contributed by atoms with Crippen LogP contribution in [0.1, 0.15) is 37.2 Å². The number of aryl methyl sites for hydroxylation is 1. The molecule has 0 amide bonds. The van der Waals surface area contributed by atoms with Gasteiger partial charge in [-0.2, -0.15) is 11.3 Å². The van der Waals surface area contributed by atoms with Gasteiger partial charge < -0.3 is 5.32 Å². The first-order valence-electron chi connectivity index (χ1n) is 6.41. The number of hydrogen-bond acceptors (Lipinski definition) is 4. The van der Waals surface area contributed by atoms with Crippen LogP contribution in [0.4, 0.5) is 0 Å². The molecule has 2 aromatic rings. The molecule has 2 rings (SSSR count). The quantitative estimate of drug-likeness (QED) is 0.831. The fourth-order valence-corrected chi connectivity index (χ4v) is 2.58. The number of aromatic nitrogens is 2. The standard InChI is InChI=1S/C14H19N3S/c1-2-7-15-13(14-16-8-3-9-17-14)5-4-12-6-10-18-11-12/h3,6,8-11,13,15H,2,4-5,7H2,1H3. The first-order valence-corrected chi connectivity index (χ1v) is 7.35. The van der Waals surface area contributed by atoms with Gasteiger partial charge in [-0.1, -0.05) is 6.92 Å². The summed E-state index contributed by atoms with van der Waals surface area (Å²) in [5, 5.41) is 7.87. The molecule has 2 heterocycles. The lowest BCUT2D eigenvalue weighted by Crippen LogP contribution is -2.24. The van der Waals surface area contributed by atoms with Gasteiger partial charge in [-0.25, -0.2) is 9.97 Å². The van der Waals surface area contributed by atoms with Gasteiger partial charge in [0.05, 0.1) is 6.04 Å². The van der Waals surface area contributed by atoms with E-state index >= 15 is 0 Å². The van der Waals surface area contributed by atoms with Crippen LogP contribution in [-0.4, -0.2) is 16.5 Å². The Kier molecular flexibility index (Phi) is 5.30. The van der Waals surface area contributed by atoms with E-state index in [1.165, 1.54) is 5.56 Å². The van der Waals surface area contributed by atoms with Crippen LogP contribution >= 0.6 is 11.3 Å². The average molecular weight is 261 g/mol. The van der Waals surface area contributed by atoms with Gasteiger partial charge in [0.25, 0.3) is 0 Å². The Labute approximate surface area is 112 Å². The van der Waals surface area contributed by atoms with E-state index in [1.807, 2.05) is 18.5 Å². The molecular weight excluding hydrogens is 242 g/mol. The molecule has 96 valence electrons. The molecule has 1 atom stereocenters. The van der Waals surface area contributed by atoms with E-state index in [4.69, 9.17) is 0 Å². The van der Waals surface area contributed by atoms with Gasteiger partial charge in [-0.15, -0.1) is 0 Å². The maximum absolute atomic E-state index is 4.36. The van der Waals surface area contributed by atoms with Gasteiger partial charge in [0.15, 0.2) is 0 Å². The molecule has 2 aromatic heterocycles. The topological polar surface area (TPSA) is 37.8 Å². The highest BCUT2D eigenvalue weighted by Gasteiger charge is 2.13. The summed E-state index contributed by atoms with van der Waals surface area (Å²) in [6.45, 7) is 3.18. The van der Waals surface area contributed by atoms with E-state index in [2.05, 4.69) is 39.0 Å². The lowest BCUT2D eigenvalue weighted by molar-refractivity contribution is 0.477. The fourth-order valence-electron chi connectivity index (χ4n) is 1.88. The maximum Gasteiger partial charge on any atom is 0.145 e. The Morgan fingerprint density at radius 3 is 2.83 bits per heavy atom. The summed E-state index contributed by atoms with van der Waals surface area (Å²) in [5.41, 5.74) is 1.40. The molecule has 4 heteroatoms. The van der Waals surface area contributed by atoms with Crippen molar-refractivity contribution in [3.63, 3.8) is 0 Å². The molecule has 0 aromatic carbocycles. The van der Waals surface area contributed by atoms with Crippen molar-refractivity contribution in [2.75, 3.05) is 6.54 Å². The van der Waals surface area contributed by atoms with Gasteiger partial charge in [0.2, 0.25) is 0 Å². The number of rotatable bonds is 7. The summed E-state index contributed by atoms with van der Waals surface area (Å²) in [7, 11) is 0. The van der Waals surface area contributed by atoms with E-state index < -0.39 is 0 Å². The Morgan fingerprint density at radius 2 is 2.17 bits per heavy atom. The maximum atomic E-state index is 4.36. The van der Waals surface area contributed by atoms with Crippen molar-refractivity contribution >= 4 is 11.3 Å². The number of nitrogens with one attached hydrogen (secondary N) is 1. The average Bonchev–Trinajstić information content (AvgIpc) is 2.93. The van der Waals surface area contributed by atoms with Crippen LogP contribution in [0.2, 0.25) is 0 Å². The monoisotopic (exact) mass is 261 g/mol. The van der Waals surface area contributed by atoms with Crippen molar-refractivity contribution < 1.29 is 0 Å². The second kappa shape index (κ2) is 7.24. The Morgan fingerprint density at radius 1 is 1.33 bits per heavy atom. The molecule has 0 spiro atoms. The van der Waals surface area contributed by atoms with Crippen LogP contribution in [0.25, 0.3) is 0 Å². The van der Waals surface area contributed by atoms with Gasteiger partial charge >= 0.3 is 0 Å². The van der Waals surface area contributed by atoms with E-state index in [1.54, 1.807) is 11.3 Å². The largest absolute Gasteiger partial charge is 0.307 e. The molecule has 0 bridgehead atoms. The second-order valence-electron chi connectivity index (χ2n) is 4.28. The minimum atomic E-state index is 0.256. The van der Waals surface area contributed by atoms with E-state index in [-0.39, 0.29) is 6.04 Å². The van der Waals surface area contributed by atoms with E-state index in [0.717, 1.165) is 31.6 Å². The number of nitrogens with zero attached hydrogens (tertiary/aromatic N) is 2. The second-order valence-corrected chi connectivity index (χ2v) is 5.06. The molecule has 18 heavy (non-hydrogen) atoms. The van der Waals surface area contributed by atoms with Crippen molar-refractivity contribution in [2.24, 2.45) is 0 Å². The summed E-state index contributed by atoms with van der Waals surface area (Å²) >= 11 is 1.75. The molecule has 0 fully saturated rings. The zero-order chi connectivity index (χ0) is 12.6. The van der Waals surface area contributed by atoms with Gasteiger partial charge in [0.1, 0.15) is 5.82 Å². The number of hydrogen-bond donors (Lipinski definition) is 1. The van der Waals surface area contributed by atoms with Crippen molar-refractivity contribution in [1.29, 1.82) is 0 Å². The van der Waals surface area contributed by atoms with Crippen LogP contribution in [0.5, 0.6) is 0 Å². The summed E-state index contributed by atoms with van der Waals surface area (Å²) in [5.74, 6) is 0.904. The molecule has 0 saturated carbocycles. The van der Waals surface area contributed by atoms with Crippen molar-refractivity contribution in [3.05, 3.63) is 46.7 Å². The minimum absolute atomic E-state index is 0.256. The van der Waals surface area contributed by atoms with Gasteiger partial charge in [-0.05, 0) is 54.3 Å². The van der Waals surface area contributed by atoms with Gasteiger partial charge in [0, 0.05) is 12.4 Å². The predicted octanol–water partition coefficient (Wildman–Crippen LogP) is 3.21. The molecule has 0 saturated heterocycles. The zero-order valence-electron chi connectivity index (χ0n) is 10.7. The van der Waals surface area contributed by atoms with Crippen molar-refractivity contribution in [2.45, 2.75) is 32.2 Å². The third kappa shape index (κ3) is 3.89. The van der Waals surface area contributed by atoms with Crippen LogP contribution in [0.15, 0.2) is 35.3 Å². The summed E-state index contributed by atoms with van der Waals surface area (Å²) in [6, 6.07) is 4.30. The molecule has 3 nitrogen and oxygen atoms in total. The van der Waals surface area contributed by atoms with Gasteiger partial charge in [-0.3, -0.25) is 0 Å². The van der Waals surface area contributed by atoms with Crippen LogP contribution in [-0.2, 0) is 6.42 Å². The molecule has 0 aliphatic heterocycles. The summed E-state index contributed by atoms with van der Waals surface area (Å²) in [4.78, 5) is 8.72. The van der Waals surface area contributed by atoms with Crippen LogP contribution < -0.4 is 5.32 Å². The Bertz CT molecular complexity index is 428. The van der Waals surface area contributed by atoms with Crippen molar-refractivity contribution in [1.82, 2.24) is 15.3 Å². The van der Waals surface area contributed by atoms with E-state index in [0.29, 0.717) is 0 Å². The normalized spacial score (nSPS) is 12.5.